The number of ether oxygens (including phenoxy) is 1. The highest BCUT2D eigenvalue weighted by atomic mass is 17.1. The average molecular weight is 274 g/mol. The van der Waals surface area contributed by atoms with E-state index in [1.54, 1.807) is 0 Å². The predicted octanol–water partition coefficient (Wildman–Crippen LogP) is 4.15. The lowest BCUT2D eigenvalue weighted by Gasteiger charge is -2.28. The van der Waals surface area contributed by atoms with Crippen molar-refractivity contribution in [2.75, 3.05) is 6.61 Å². The van der Waals surface area contributed by atoms with Crippen molar-refractivity contribution in [3.05, 3.63) is 12.3 Å². The Morgan fingerprint density at radius 1 is 1.32 bits per heavy atom. The fraction of sp³-hybridized carbons (Fsp3) is 0.786. The van der Waals surface area contributed by atoms with E-state index in [0.29, 0.717) is 0 Å². The van der Waals surface area contributed by atoms with Gasteiger partial charge >= 0.3 is 6.16 Å². The number of carboxylic acid groups (broad SMARTS) is 1. The lowest BCUT2D eigenvalue weighted by atomic mass is 9.78. The van der Waals surface area contributed by atoms with E-state index in [9.17, 15) is 4.79 Å². The summed E-state index contributed by atoms with van der Waals surface area (Å²) in [7, 11) is 0. The molecule has 0 amide bonds. The monoisotopic (exact) mass is 274 g/mol. The van der Waals surface area contributed by atoms with E-state index in [0.717, 1.165) is 24.0 Å². The van der Waals surface area contributed by atoms with Crippen LogP contribution in [0.1, 0.15) is 46.5 Å². The summed E-state index contributed by atoms with van der Waals surface area (Å²) in [6, 6.07) is 0. The van der Waals surface area contributed by atoms with Crippen molar-refractivity contribution in [1.29, 1.82) is 0 Å². The van der Waals surface area contributed by atoms with E-state index in [-0.39, 0.29) is 6.61 Å². The Morgan fingerprint density at radius 3 is 2.32 bits per heavy atom. The molecule has 5 nitrogen and oxygen atoms in total. The predicted molar refractivity (Wildman–Crippen MR) is 72.8 cm³/mol. The van der Waals surface area contributed by atoms with Gasteiger partial charge in [0.05, 0.1) is 0 Å². The largest absolute Gasteiger partial charge is 0.506 e. The summed E-state index contributed by atoms with van der Waals surface area (Å²) >= 11 is 0. The molecule has 0 saturated heterocycles. The maximum absolute atomic E-state index is 9.60. The smallest absolute Gasteiger partial charge is 0.450 e. The van der Waals surface area contributed by atoms with Crippen molar-refractivity contribution in [2.45, 2.75) is 46.5 Å². The maximum atomic E-state index is 9.60. The van der Waals surface area contributed by atoms with Gasteiger partial charge in [-0.1, -0.05) is 33.6 Å². The summed E-state index contributed by atoms with van der Waals surface area (Å²) in [5, 5.41) is 15.5. The first-order valence-corrected chi connectivity index (χ1v) is 6.78. The van der Waals surface area contributed by atoms with Crippen molar-refractivity contribution < 1.29 is 24.8 Å². The van der Waals surface area contributed by atoms with E-state index in [2.05, 4.69) is 30.4 Å². The Morgan fingerprint density at radius 2 is 1.89 bits per heavy atom. The second-order valence-corrected chi connectivity index (χ2v) is 5.32. The summed E-state index contributed by atoms with van der Waals surface area (Å²) in [4.78, 5) is 13.1. The molecule has 2 N–H and O–H groups in total. The molecule has 0 atom stereocenters. The molecular formula is C14H26O5. The molecule has 0 radical (unpaired) electrons. The first-order valence-electron chi connectivity index (χ1n) is 6.78. The summed E-state index contributed by atoms with van der Waals surface area (Å²) in [6.45, 7) is 6.98. The Balaban J connectivity index is 0.000000344. The van der Waals surface area contributed by atoms with Gasteiger partial charge in [-0.15, -0.1) is 0 Å². The lowest BCUT2D eigenvalue weighted by molar-refractivity contribution is -0.187. The van der Waals surface area contributed by atoms with Gasteiger partial charge in [0, 0.05) is 0 Å². The Bertz CT molecular complexity index is 255. The first kappa shape index (κ1) is 17.8. The normalized spacial score (nSPS) is 22.8. The standard InChI is InChI=1S/C10H20.C4H6O5/c1-8(2)10-6-4-9(3)5-7-10;5-4(6)8-2-1-3-9-7/h8-10H,4-7H2,1-3H3;1,3,7H,2H2,(H,5,6). The molecule has 0 aromatic rings. The Labute approximate surface area is 115 Å². The summed E-state index contributed by atoms with van der Waals surface area (Å²) in [6.07, 6.45) is 6.66. The Kier molecular flexibility index (Phi) is 9.98. The molecule has 0 heterocycles. The second kappa shape index (κ2) is 10.7. The van der Waals surface area contributed by atoms with Gasteiger partial charge in [-0.2, -0.15) is 0 Å². The van der Waals surface area contributed by atoms with Gasteiger partial charge < -0.3 is 14.7 Å². The van der Waals surface area contributed by atoms with Gasteiger partial charge in [0.25, 0.3) is 0 Å². The van der Waals surface area contributed by atoms with Crippen molar-refractivity contribution >= 4 is 6.16 Å². The number of hydrogen-bond acceptors (Lipinski definition) is 4. The second-order valence-electron chi connectivity index (χ2n) is 5.32. The minimum atomic E-state index is -1.36. The summed E-state index contributed by atoms with van der Waals surface area (Å²) in [5.74, 6) is 2.97. The third kappa shape index (κ3) is 10.4. The molecule has 1 rings (SSSR count). The van der Waals surface area contributed by atoms with Crippen LogP contribution in [0.2, 0.25) is 0 Å². The maximum Gasteiger partial charge on any atom is 0.506 e. The van der Waals surface area contributed by atoms with E-state index in [4.69, 9.17) is 10.4 Å². The van der Waals surface area contributed by atoms with E-state index < -0.39 is 6.16 Å². The minimum absolute atomic E-state index is 0.129. The molecule has 0 aliphatic heterocycles. The quantitative estimate of drug-likeness (QED) is 0.348. The third-order valence-corrected chi connectivity index (χ3v) is 3.46. The molecule has 0 bridgehead atoms. The van der Waals surface area contributed by atoms with Crippen LogP contribution in [0.15, 0.2) is 12.3 Å². The fourth-order valence-corrected chi connectivity index (χ4v) is 2.15. The van der Waals surface area contributed by atoms with Gasteiger partial charge in [-0.05, 0) is 36.7 Å². The average Bonchev–Trinajstić information content (AvgIpc) is 2.36. The summed E-state index contributed by atoms with van der Waals surface area (Å²) < 4.78 is 3.98. The summed E-state index contributed by atoms with van der Waals surface area (Å²) in [5.41, 5.74) is 0. The van der Waals surface area contributed by atoms with Crippen molar-refractivity contribution in [3.63, 3.8) is 0 Å². The molecule has 1 fully saturated rings. The van der Waals surface area contributed by atoms with E-state index in [1.807, 2.05) is 0 Å². The third-order valence-electron chi connectivity index (χ3n) is 3.46. The molecule has 5 heteroatoms. The van der Waals surface area contributed by atoms with Crippen LogP contribution < -0.4 is 0 Å². The highest BCUT2D eigenvalue weighted by molar-refractivity contribution is 5.56. The molecule has 19 heavy (non-hydrogen) atoms. The number of rotatable bonds is 4. The SMILES string of the molecule is CC1CCC(C(C)C)CC1.O=C(O)OCC=COO. The van der Waals surface area contributed by atoms with Crippen LogP contribution in [0.5, 0.6) is 0 Å². The van der Waals surface area contributed by atoms with Gasteiger partial charge in [0.2, 0.25) is 0 Å². The molecule has 0 spiro atoms. The molecule has 112 valence electrons. The molecule has 1 saturated carbocycles. The lowest BCUT2D eigenvalue weighted by Crippen LogP contribution is -2.16. The van der Waals surface area contributed by atoms with Crippen molar-refractivity contribution in [2.24, 2.45) is 17.8 Å². The molecule has 0 aromatic carbocycles. The van der Waals surface area contributed by atoms with Gasteiger partial charge in [0.1, 0.15) is 12.9 Å². The van der Waals surface area contributed by atoms with Crippen LogP contribution in [0, 0.1) is 17.8 Å². The molecule has 0 aromatic heterocycles. The van der Waals surface area contributed by atoms with Gasteiger partial charge in [-0.25, -0.2) is 10.1 Å². The molecule has 1 aliphatic carbocycles. The molecule has 1 aliphatic rings. The number of hydrogen-bond donors (Lipinski definition) is 2. The van der Waals surface area contributed by atoms with Crippen LogP contribution in [-0.4, -0.2) is 23.1 Å². The van der Waals surface area contributed by atoms with E-state index in [1.165, 1.54) is 31.8 Å². The Hall–Kier alpha value is -1.23. The van der Waals surface area contributed by atoms with Crippen molar-refractivity contribution in [3.8, 4) is 0 Å². The zero-order valence-corrected chi connectivity index (χ0v) is 12.0. The topological polar surface area (TPSA) is 76.0 Å². The molecule has 0 unspecified atom stereocenters. The van der Waals surface area contributed by atoms with Crippen LogP contribution >= 0.6 is 0 Å². The van der Waals surface area contributed by atoms with Crippen molar-refractivity contribution in [1.82, 2.24) is 0 Å². The number of carbonyl (C=O) groups is 1. The molecular weight excluding hydrogens is 248 g/mol. The van der Waals surface area contributed by atoms with Crippen LogP contribution in [-0.2, 0) is 9.62 Å². The van der Waals surface area contributed by atoms with Crippen LogP contribution in [0.4, 0.5) is 4.79 Å². The van der Waals surface area contributed by atoms with E-state index >= 15 is 0 Å². The minimum Gasteiger partial charge on any atom is -0.450 e. The van der Waals surface area contributed by atoms with Gasteiger partial charge in [-0.3, -0.25) is 0 Å². The zero-order chi connectivity index (χ0) is 14.7. The van der Waals surface area contributed by atoms with Crippen LogP contribution in [0.25, 0.3) is 0 Å². The highest BCUT2D eigenvalue weighted by Crippen LogP contribution is 2.32. The zero-order valence-electron chi connectivity index (χ0n) is 12.0. The fourth-order valence-electron chi connectivity index (χ4n) is 2.15. The highest BCUT2D eigenvalue weighted by Gasteiger charge is 2.19. The first-order chi connectivity index (χ1) is 8.97. The van der Waals surface area contributed by atoms with Gasteiger partial charge in [0.15, 0.2) is 0 Å². The van der Waals surface area contributed by atoms with Crippen LogP contribution in [0.3, 0.4) is 0 Å².